The highest BCUT2D eigenvalue weighted by Crippen LogP contribution is 2.30. The number of halogens is 1. The van der Waals surface area contributed by atoms with Gasteiger partial charge in [-0.05, 0) is 18.2 Å². The number of non-ortho nitro benzene ring substituents is 1. The molecule has 0 unspecified atom stereocenters. The number of sulfonamides is 1. The number of nitrogens with one attached hydrogen (secondary N) is 1. The zero-order valence-electron chi connectivity index (χ0n) is 12.5. The Morgan fingerprint density at radius 1 is 1.24 bits per heavy atom. The molecule has 9 nitrogen and oxygen atoms in total. The van der Waals surface area contributed by atoms with E-state index in [1.165, 1.54) is 47.9 Å². The maximum atomic E-state index is 12.9. The van der Waals surface area contributed by atoms with Gasteiger partial charge >= 0.3 is 0 Å². The molecule has 0 atom stereocenters. The molecule has 0 radical (unpaired) electrons. The fourth-order valence-electron chi connectivity index (χ4n) is 2.02. The van der Waals surface area contributed by atoms with Crippen molar-refractivity contribution >= 4 is 38.9 Å². The van der Waals surface area contributed by atoms with Crippen molar-refractivity contribution in [3.63, 3.8) is 0 Å². The summed E-state index contributed by atoms with van der Waals surface area (Å²) < 4.78 is 26.4. The molecular formula is C14H12ClN3O6S. The summed E-state index contributed by atoms with van der Waals surface area (Å²) in [6, 6.07) is 10.3. The molecule has 132 valence electrons. The molecule has 0 fully saturated rings. The number of nitrogens with zero attached hydrogens (tertiary/aromatic N) is 2. The van der Waals surface area contributed by atoms with Crippen LogP contribution in [0, 0.1) is 10.1 Å². The molecule has 0 saturated carbocycles. The number of nitro benzene ring substituents is 1. The summed E-state index contributed by atoms with van der Waals surface area (Å²) >= 11 is 5.93. The van der Waals surface area contributed by atoms with Gasteiger partial charge < -0.3 is 0 Å². The average Bonchev–Trinajstić information content (AvgIpc) is 2.59. The Bertz CT molecular complexity index is 918. The molecule has 0 aliphatic carbocycles. The van der Waals surface area contributed by atoms with E-state index >= 15 is 0 Å². The second-order valence-corrected chi connectivity index (χ2v) is 6.99. The Morgan fingerprint density at radius 2 is 1.92 bits per heavy atom. The molecule has 2 N–H and O–H groups in total. The van der Waals surface area contributed by atoms with Crippen molar-refractivity contribution in [2.24, 2.45) is 0 Å². The van der Waals surface area contributed by atoms with E-state index in [1.54, 1.807) is 0 Å². The monoisotopic (exact) mass is 385 g/mol. The third-order valence-corrected chi connectivity index (χ3v) is 5.42. The number of rotatable bonds is 6. The summed E-state index contributed by atoms with van der Waals surface area (Å²) in [6.45, 7) is -0.800. The first kappa shape index (κ1) is 18.6. The Kier molecular flexibility index (Phi) is 5.57. The minimum Gasteiger partial charge on any atom is -0.289 e. The van der Waals surface area contributed by atoms with Crippen molar-refractivity contribution in [3.05, 3.63) is 63.7 Å². The van der Waals surface area contributed by atoms with Gasteiger partial charge in [0.1, 0.15) is 11.4 Å². The Morgan fingerprint density at radius 3 is 2.52 bits per heavy atom. The number of benzene rings is 2. The van der Waals surface area contributed by atoms with Gasteiger partial charge in [-0.2, -0.15) is 0 Å². The van der Waals surface area contributed by atoms with Crippen molar-refractivity contribution in [3.8, 4) is 0 Å². The van der Waals surface area contributed by atoms with Crippen LogP contribution in [0.5, 0.6) is 0 Å². The van der Waals surface area contributed by atoms with E-state index in [-0.39, 0.29) is 21.3 Å². The van der Waals surface area contributed by atoms with Gasteiger partial charge in [-0.25, -0.2) is 13.9 Å². The normalized spacial score (nSPS) is 11.0. The minimum atomic E-state index is -4.33. The van der Waals surface area contributed by atoms with Gasteiger partial charge in [0.2, 0.25) is 0 Å². The van der Waals surface area contributed by atoms with Crippen molar-refractivity contribution in [2.75, 3.05) is 10.8 Å². The highest BCUT2D eigenvalue weighted by molar-refractivity contribution is 7.93. The van der Waals surface area contributed by atoms with E-state index in [0.717, 1.165) is 6.07 Å². The number of amides is 1. The second kappa shape index (κ2) is 7.47. The number of carbonyl (C=O) groups is 1. The molecule has 0 saturated heterocycles. The van der Waals surface area contributed by atoms with Crippen LogP contribution in [0.3, 0.4) is 0 Å². The first-order chi connectivity index (χ1) is 11.8. The number of hydrogen-bond acceptors (Lipinski definition) is 6. The summed E-state index contributed by atoms with van der Waals surface area (Å²) in [6.07, 6.45) is 0. The van der Waals surface area contributed by atoms with Crippen molar-refractivity contribution in [1.82, 2.24) is 5.48 Å². The fraction of sp³-hybridized carbons (Fsp3) is 0.0714. The van der Waals surface area contributed by atoms with Gasteiger partial charge in [0.15, 0.2) is 0 Å². The lowest BCUT2D eigenvalue weighted by Gasteiger charge is -2.23. The first-order valence-corrected chi connectivity index (χ1v) is 8.54. The SMILES string of the molecule is O=C(CN(c1cccc([N+](=O)[O-])c1)S(=O)(=O)c1ccccc1Cl)NO. The molecule has 0 bridgehead atoms. The molecule has 0 heterocycles. The van der Waals surface area contributed by atoms with Crippen LogP contribution in [-0.4, -0.2) is 31.0 Å². The van der Waals surface area contributed by atoms with Crippen LogP contribution >= 0.6 is 11.6 Å². The molecule has 2 aromatic carbocycles. The van der Waals surface area contributed by atoms with E-state index in [9.17, 15) is 23.3 Å². The third-order valence-electron chi connectivity index (χ3n) is 3.15. The van der Waals surface area contributed by atoms with Gasteiger partial charge in [-0.3, -0.25) is 24.4 Å². The van der Waals surface area contributed by atoms with Crippen molar-refractivity contribution in [1.29, 1.82) is 0 Å². The molecule has 1 amide bonds. The lowest BCUT2D eigenvalue weighted by molar-refractivity contribution is -0.384. The highest BCUT2D eigenvalue weighted by Gasteiger charge is 2.29. The first-order valence-electron chi connectivity index (χ1n) is 6.72. The van der Waals surface area contributed by atoms with Crippen LogP contribution in [0.4, 0.5) is 11.4 Å². The van der Waals surface area contributed by atoms with E-state index in [1.807, 2.05) is 0 Å². The van der Waals surface area contributed by atoms with Crippen LogP contribution in [0.25, 0.3) is 0 Å². The van der Waals surface area contributed by atoms with Crippen LogP contribution in [0.2, 0.25) is 5.02 Å². The van der Waals surface area contributed by atoms with Gasteiger partial charge in [0.25, 0.3) is 21.6 Å². The largest absolute Gasteiger partial charge is 0.289 e. The predicted molar refractivity (Wildman–Crippen MR) is 89.0 cm³/mol. The standard InChI is InChI=1S/C14H12ClN3O6S/c15-12-6-1-2-7-13(12)25(23,24)17(9-14(19)16-20)10-4-3-5-11(8-10)18(21)22/h1-8,20H,9H2,(H,16,19). The number of nitro groups is 1. The molecule has 0 spiro atoms. The Balaban J connectivity index is 2.61. The van der Waals surface area contributed by atoms with E-state index < -0.39 is 27.4 Å². The molecular weight excluding hydrogens is 374 g/mol. The van der Waals surface area contributed by atoms with E-state index in [2.05, 4.69) is 0 Å². The lowest BCUT2D eigenvalue weighted by Crippen LogP contribution is -2.40. The lowest BCUT2D eigenvalue weighted by atomic mass is 10.3. The second-order valence-electron chi connectivity index (χ2n) is 4.75. The number of hydroxylamine groups is 1. The van der Waals surface area contributed by atoms with Gasteiger partial charge in [0, 0.05) is 12.1 Å². The van der Waals surface area contributed by atoms with Gasteiger partial charge in [-0.15, -0.1) is 0 Å². The molecule has 0 aliphatic heterocycles. The van der Waals surface area contributed by atoms with Crippen LogP contribution in [-0.2, 0) is 14.8 Å². The molecule has 11 heteroatoms. The summed E-state index contributed by atoms with van der Waals surface area (Å²) in [7, 11) is -4.33. The quantitative estimate of drug-likeness (QED) is 0.444. The number of anilines is 1. The molecule has 0 aromatic heterocycles. The molecule has 2 rings (SSSR count). The molecule has 0 aliphatic rings. The summed E-state index contributed by atoms with van der Waals surface area (Å²) in [4.78, 5) is 21.5. The third kappa shape index (κ3) is 4.05. The van der Waals surface area contributed by atoms with Crippen LogP contribution < -0.4 is 9.79 Å². The Labute approximate surface area is 147 Å². The minimum absolute atomic E-state index is 0.0812. The van der Waals surface area contributed by atoms with Gasteiger partial charge in [0.05, 0.1) is 15.6 Å². The summed E-state index contributed by atoms with van der Waals surface area (Å²) in [5.41, 5.74) is 0.842. The van der Waals surface area contributed by atoms with Gasteiger partial charge in [-0.1, -0.05) is 29.8 Å². The maximum absolute atomic E-state index is 12.9. The predicted octanol–water partition coefficient (Wildman–Crippen LogP) is 1.95. The summed E-state index contributed by atoms with van der Waals surface area (Å²) in [5, 5.41) is 19.6. The average molecular weight is 386 g/mol. The number of carbonyl (C=O) groups excluding carboxylic acids is 1. The highest BCUT2D eigenvalue weighted by atomic mass is 35.5. The number of hydrogen-bond donors (Lipinski definition) is 2. The zero-order valence-corrected chi connectivity index (χ0v) is 14.1. The van der Waals surface area contributed by atoms with E-state index in [4.69, 9.17) is 16.8 Å². The smallest absolute Gasteiger partial charge is 0.271 e. The maximum Gasteiger partial charge on any atom is 0.271 e. The van der Waals surface area contributed by atoms with Crippen LogP contribution in [0.1, 0.15) is 0 Å². The van der Waals surface area contributed by atoms with E-state index in [0.29, 0.717) is 4.31 Å². The van der Waals surface area contributed by atoms with Crippen molar-refractivity contribution < 1.29 is 23.3 Å². The topological polar surface area (TPSA) is 130 Å². The fourth-order valence-corrected chi connectivity index (χ4v) is 3.92. The van der Waals surface area contributed by atoms with Crippen molar-refractivity contribution in [2.45, 2.75) is 4.90 Å². The van der Waals surface area contributed by atoms with Crippen LogP contribution in [0.15, 0.2) is 53.4 Å². The zero-order chi connectivity index (χ0) is 18.6. The summed E-state index contributed by atoms with van der Waals surface area (Å²) in [5.74, 6) is -1.03. The molecule has 25 heavy (non-hydrogen) atoms. The Hall–Kier alpha value is -2.69. The molecule has 2 aromatic rings.